The maximum atomic E-state index is 6.09. The number of fused-ring (bicyclic) bond motifs is 9. The lowest BCUT2D eigenvalue weighted by molar-refractivity contribution is 0.669. The van der Waals surface area contributed by atoms with Crippen LogP contribution < -0.4 is 0 Å². The zero-order valence-electron chi connectivity index (χ0n) is 31.9. The van der Waals surface area contributed by atoms with Crippen molar-refractivity contribution >= 4 is 71.1 Å². The molecule has 0 saturated heterocycles. The number of hydrogen-bond donors (Lipinski definition) is 0. The van der Waals surface area contributed by atoms with Gasteiger partial charge in [-0.15, -0.1) is 6.42 Å². The quantitative estimate of drug-likeness (QED) is 0.123. The Hall–Kier alpha value is -7.80. The van der Waals surface area contributed by atoms with E-state index in [2.05, 4.69) is 185 Å². The van der Waals surface area contributed by atoms with Gasteiger partial charge in [-0.25, -0.2) is 0 Å². The van der Waals surface area contributed by atoms with Crippen molar-refractivity contribution in [1.29, 1.82) is 0 Å². The van der Waals surface area contributed by atoms with E-state index in [0.29, 0.717) is 0 Å². The molecule has 3 aromatic heterocycles. The first-order valence-electron chi connectivity index (χ1n) is 19.7. The first-order chi connectivity index (χ1) is 28.7. The van der Waals surface area contributed by atoms with Gasteiger partial charge in [0.1, 0.15) is 11.2 Å². The van der Waals surface area contributed by atoms with Gasteiger partial charge in [0.15, 0.2) is 0 Å². The number of allylic oxidation sites excluding steroid dienone is 4. The monoisotopic (exact) mass is 740 g/mol. The van der Waals surface area contributed by atoms with Crippen molar-refractivity contribution < 1.29 is 4.42 Å². The maximum absolute atomic E-state index is 6.09. The number of furan rings is 1. The average Bonchev–Trinajstić information content (AvgIpc) is 3.94. The number of benzene rings is 8. The summed E-state index contributed by atoms with van der Waals surface area (Å²) in [6.07, 6.45) is 11.3. The van der Waals surface area contributed by atoms with Gasteiger partial charge >= 0.3 is 0 Å². The van der Waals surface area contributed by atoms with Gasteiger partial charge in [-0.1, -0.05) is 109 Å². The van der Waals surface area contributed by atoms with E-state index < -0.39 is 0 Å². The Morgan fingerprint density at radius 1 is 0.466 bits per heavy atom. The third-order valence-electron chi connectivity index (χ3n) is 11.6. The van der Waals surface area contributed by atoms with Crippen molar-refractivity contribution in [3.8, 4) is 46.0 Å². The third-order valence-corrected chi connectivity index (χ3v) is 11.6. The first-order valence-corrected chi connectivity index (χ1v) is 19.7. The number of terminal acetylenes is 1. The average molecular weight is 741 g/mol. The standard InChI is InChI=1S/C55H36N2O/c1-3-5-12-36(4-2)37-19-26-42(27-20-37)56-50-16-9-6-13-44(50)47-33-40(23-30-52(47)56)41-24-31-53-48(34-41)45-14-7-10-17-51(45)57(53)43-28-21-38(22-29-43)39-25-32-55-49(35-39)46-15-8-11-18-54(46)58-55/h1,4-35H,2H3/b12-5-,36-4+. The van der Waals surface area contributed by atoms with Gasteiger partial charge in [0.05, 0.1) is 22.1 Å². The molecule has 11 aromatic rings. The Labute approximate surface area is 336 Å². The van der Waals surface area contributed by atoms with Crippen molar-refractivity contribution in [2.75, 3.05) is 0 Å². The normalized spacial score (nSPS) is 12.2. The van der Waals surface area contributed by atoms with E-state index in [1.165, 1.54) is 65.9 Å². The van der Waals surface area contributed by atoms with Crippen molar-refractivity contribution in [2.45, 2.75) is 6.92 Å². The summed E-state index contributed by atoms with van der Waals surface area (Å²) in [5, 5.41) is 7.20. The van der Waals surface area contributed by atoms with Crippen LogP contribution in [-0.4, -0.2) is 9.13 Å². The molecule has 0 atom stereocenters. The minimum atomic E-state index is 0.911. The van der Waals surface area contributed by atoms with Crippen LogP contribution in [0.5, 0.6) is 0 Å². The molecule has 0 fully saturated rings. The smallest absolute Gasteiger partial charge is 0.135 e. The van der Waals surface area contributed by atoms with Crippen molar-refractivity contribution in [1.82, 2.24) is 9.13 Å². The number of rotatable bonds is 6. The Kier molecular flexibility index (Phi) is 7.77. The maximum Gasteiger partial charge on any atom is 0.135 e. The molecule has 3 heteroatoms. The number of nitrogens with zero attached hydrogens (tertiary/aromatic N) is 2. The van der Waals surface area contributed by atoms with Crippen LogP contribution in [0, 0.1) is 12.3 Å². The van der Waals surface area contributed by atoms with E-state index in [0.717, 1.165) is 44.4 Å². The highest BCUT2D eigenvalue weighted by molar-refractivity contribution is 6.13. The second kappa shape index (κ2) is 13.4. The first kappa shape index (κ1) is 33.5. The summed E-state index contributed by atoms with van der Waals surface area (Å²) in [6, 6.07) is 63.6. The highest BCUT2D eigenvalue weighted by atomic mass is 16.3. The molecule has 0 radical (unpaired) electrons. The molecule has 0 spiro atoms. The highest BCUT2D eigenvalue weighted by Gasteiger charge is 2.17. The summed E-state index contributed by atoms with van der Waals surface area (Å²) >= 11 is 0. The molecule has 8 aromatic carbocycles. The molecule has 0 amide bonds. The van der Waals surface area contributed by atoms with Gasteiger partial charge in [0.2, 0.25) is 0 Å². The third kappa shape index (κ3) is 5.31. The topological polar surface area (TPSA) is 23.0 Å². The lowest BCUT2D eigenvalue weighted by Gasteiger charge is -2.11. The fourth-order valence-electron chi connectivity index (χ4n) is 8.87. The van der Waals surface area contributed by atoms with Crippen LogP contribution >= 0.6 is 0 Å². The molecular formula is C55H36N2O. The van der Waals surface area contributed by atoms with E-state index in [1.807, 2.05) is 25.1 Å². The van der Waals surface area contributed by atoms with Crippen LogP contribution in [0.1, 0.15) is 12.5 Å². The second-order valence-electron chi connectivity index (χ2n) is 14.8. The molecule has 58 heavy (non-hydrogen) atoms. The van der Waals surface area contributed by atoms with Gasteiger partial charge in [0, 0.05) is 43.7 Å². The Balaban J connectivity index is 0.979. The van der Waals surface area contributed by atoms with E-state index >= 15 is 0 Å². The van der Waals surface area contributed by atoms with Gasteiger partial charge in [-0.2, -0.15) is 0 Å². The Morgan fingerprint density at radius 3 is 1.53 bits per heavy atom. The van der Waals surface area contributed by atoms with Gasteiger partial charge in [-0.05, 0) is 131 Å². The van der Waals surface area contributed by atoms with Crippen LogP contribution in [0.4, 0.5) is 0 Å². The second-order valence-corrected chi connectivity index (χ2v) is 14.8. The van der Waals surface area contributed by atoms with Crippen LogP contribution in [0.2, 0.25) is 0 Å². The fraction of sp³-hybridized carbons (Fsp3) is 0.0182. The van der Waals surface area contributed by atoms with E-state index in [4.69, 9.17) is 10.8 Å². The molecule has 0 aliphatic carbocycles. The van der Waals surface area contributed by atoms with Gasteiger partial charge in [0.25, 0.3) is 0 Å². The van der Waals surface area contributed by atoms with Crippen molar-refractivity contribution in [3.05, 3.63) is 200 Å². The SMILES string of the molecule is C#C/C=C\C(=C/C)c1ccc(-n2c3ccccc3c3cc(-c4ccc5c(c4)c4ccccc4n5-c4ccc(-c5ccc6oc7ccccc7c6c5)cc4)ccc32)cc1. The van der Waals surface area contributed by atoms with E-state index in [9.17, 15) is 0 Å². The number of aromatic nitrogens is 2. The number of hydrogen-bond acceptors (Lipinski definition) is 1. The molecule has 272 valence electrons. The highest BCUT2D eigenvalue weighted by Crippen LogP contribution is 2.39. The molecule has 0 aliphatic heterocycles. The van der Waals surface area contributed by atoms with Crippen molar-refractivity contribution in [3.63, 3.8) is 0 Å². The lowest BCUT2D eigenvalue weighted by Crippen LogP contribution is -1.94. The zero-order chi connectivity index (χ0) is 38.7. The minimum Gasteiger partial charge on any atom is -0.456 e. The largest absolute Gasteiger partial charge is 0.456 e. The van der Waals surface area contributed by atoms with Crippen molar-refractivity contribution in [2.24, 2.45) is 0 Å². The summed E-state index contributed by atoms with van der Waals surface area (Å²) in [5.41, 5.74) is 15.8. The van der Waals surface area contributed by atoms with E-state index in [1.54, 1.807) is 6.08 Å². The molecule has 3 nitrogen and oxygen atoms in total. The minimum absolute atomic E-state index is 0.911. The Bertz CT molecular complexity index is 3510. The molecule has 0 bridgehead atoms. The Morgan fingerprint density at radius 2 is 0.931 bits per heavy atom. The van der Waals surface area contributed by atoms with Gasteiger partial charge in [-0.3, -0.25) is 0 Å². The number of para-hydroxylation sites is 3. The van der Waals surface area contributed by atoms with Crippen LogP contribution in [-0.2, 0) is 0 Å². The van der Waals surface area contributed by atoms with Crippen LogP contribution in [0.3, 0.4) is 0 Å². The lowest BCUT2D eigenvalue weighted by atomic mass is 10.0. The zero-order valence-corrected chi connectivity index (χ0v) is 31.9. The summed E-state index contributed by atoms with van der Waals surface area (Å²) in [5.74, 6) is 2.60. The molecule has 0 unspecified atom stereocenters. The molecule has 11 rings (SSSR count). The molecule has 0 saturated carbocycles. The fourth-order valence-corrected chi connectivity index (χ4v) is 8.87. The van der Waals surface area contributed by atoms with Gasteiger partial charge < -0.3 is 13.6 Å². The molecule has 0 aliphatic rings. The predicted molar refractivity (Wildman–Crippen MR) is 245 cm³/mol. The predicted octanol–water partition coefficient (Wildman–Crippen LogP) is 14.7. The summed E-state index contributed by atoms with van der Waals surface area (Å²) < 4.78 is 10.8. The van der Waals surface area contributed by atoms with Crippen LogP contribution in [0.25, 0.3) is 105 Å². The summed E-state index contributed by atoms with van der Waals surface area (Å²) in [6.45, 7) is 2.04. The summed E-state index contributed by atoms with van der Waals surface area (Å²) in [4.78, 5) is 0. The van der Waals surface area contributed by atoms with E-state index in [-0.39, 0.29) is 0 Å². The summed E-state index contributed by atoms with van der Waals surface area (Å²) in [7, 11) is 0. The molecule has 3 heterocycles. The van der Waals surface area contributed by atoms with Crippen LogP contribution in [0.15, 0.2) is 199 Å². The molecular weight excluding hydrogens is 705 g/mol. The molecule has 0 N–H and O–H groups in total.